The predicted molar refractivity (Wildman–Crippen MR) is 63.9 cm³/mol. The van der Waals surface area contributed by atoms with E-state index >= 15 is 0 Å². The Labute approximate surface area is 98.8 Å². The lowest BCUT2D eigenvalue weighted by Crippen LogP contribution is -2.06. The Balaban J connectivity index is 1.89. The number of rotatable bonds is 5. The molecule has 17 heavy (non-hydrogen) atoms. The third kappa shape index (κ3) is 2.87. The van der Waals surface area contributed by atoms with Gasteiger partial charge in [0.2, 0.25) is 0 Å². The number of para-hydroxylation sites is 1. The molecular formula is C11H14N4O2. The van der Waals surface area contributed by atoms with Crippen LogP contribution in [0.5, 0.6) is 5.75 Å². The zero-order valence-corrected chi connectivity index (χ0v) is 9.51. The Kier molecular flexibility index (Phi) is 3.44. The van der Waals surface area contributed by atoms with Gasteiger partial charge in [0.15, 0.2) is 0 Å². The van der Waals surface area contributed by atoms with Crippen molar-refractivity contribution < 1.29 is 9.15 Å². The molecule has 0 amide bonds. The number of hydrogen-bond acceptors (Lipinski definition) is 6. The highest BCUT2D eigenvalue weighted by Crippen LogP contribution is 2.17. The summed E-state index contributed by atoms with van der Waals surface area (Å²) < 4.78 is 10.2. The number of methoxy groups -OCH3 is 1. The monoisotopic (exact) mass is 234 g/mol. The number of nitrogens with one attached hydrogen (secondary N) is 1. The zero-order valence-electron chi connectivity index (χ0n) is 9.51. The van der Waals surface area contributed by atoms with Gasteiger partial charge in [-0.2, -0.15) is 0 Å². The third-order valence-corrected chi connectivity index (χ3v) is 2.30. The van der Waals surface area contributed by atoms with Crippen LogP contribution in [0.3, 0.4) is 0 Å². The van der Waals surface area contributed by atoms with Gasteiger partial charge in [-0.3, -0.25) is 0 Å². The summed E-state index contributed by atoms with van der Waals surface area (Å²) in [5, 5.41) is 10.2. The molecule has 3 N–H and O–H groups in total. The first-order valence-corrected chi connectivity index (χ1v) is 5.24. The van der Waals surface area contributed by atoms with Crippen LogP contribution in [0, 0.1) is 0 Å². The topological polar surface area (TPSA) is 86.2 Å². The molecule has 0 radical (unpaired) electrons. The van der Waals surface area contributed by atoms with Crippen LogP contribution in [0.2, 0.25) is 0 Å². The number of nitrogens with zero attached hydrogens (tertiary/aromatic N) is 2. The molecular weight excluding hydrogens is 220 g/mol. The molecule has 1 aromatic carbocycles. The molecule has 1 aromatic heterocycles. The number of benzene rings is 1. The van der Waals surface area contributed by atoms with Crippen molar-refractivity contribution in [1.82, 2.24) is 10.2 Å². The van der Waals surface area contributed by atoms with E-state index in [4.69, 9.17) is 14.9 Å². The van der Waals surface area contributed by atoms with Crippen molar-refractivity contribution in [2.45, 2.75) is 6.42 Å². The lowest BCUT2D eigenvalue weighted by Gasteiger charge is -2.07. The molecule has 2 rings (SSSR count). The highest BCUT2D eigenvalue weighted by Gasteiger charge is 2.03. The highest BCUT2D eigenvalue weighted by molar-refractivity contribution is 5.34. The van der Waals surface area contributed by atoms with Gasteiger partial charge in [0.1, 0.15) is 5.75 Å². The van der Waals surface area contributed by atoms with Crippen LogP contribution in [0.1, 0.15) is 5.56 Å². The van der Waals surface area contributed by atoms with Crippen molar-refractivity contribution in [3.8, 4) is 5.75 Å². The van der Waals surface area contributed by atoms with Crippen LogP contribution in [0.25, 0.3) is 0 Å². The van der Waals surface area contributed by atoms with Crippen LogP contribution in [-0.2, 0) is 6.42 Å². The highest BCUT2D eigenvalue weighted by atomic mass is 16.5. The van der Waals surface area contributed by atoms with Gasteiger partial charge in [-0.15, -0.1) is 0 Å². The largest absolute Gasteiger partial charge is 0.496 e. The fraction of sp³-hybridized carbons (Fsp3) is 0.273. The number of anilines is 2. The summed E-state index contributed by atoms with van der Waals surface area (Å²) >= 11 is 0. The van der Waals surface area contributed by atoms with Crippen LogP contribution >= 0.6 is 0 Å². The molecule has 6 heteroatoms. The maximum absolute atomic E-state index is 5.31. The van der Waals surface area contributed by atoms with Crippen LogP contribution in [0.15, 0.2) is 28.7 Å². The Hall–Kier alpha value is -2.24. The number of aromatic nitrogens is 2. The minimum absolute atomic E-state index is 0.0600. The predicted octanol–water partition coefficient (Wildman–Crippen LogP) is 1.31. The molecule has 0 unspecified atom stereocenters. The quantitative estimate of drug-likeness (QED) is 0.811. The van der Waals surface area contributed by atoms with Crippen LogP contribution < -0.4 is 15.8 Å². The van der Waals surface area contributed by atoms with Gasteiger partial charge in [-0.05, 0) is 18.1 Å². The molecule has 0 atom stereocenters. The minimum Gasteiger partial charge on any atom is -0.496 e. The summed E-state index contributed by atoms with van der Waals surface area (Å²) in [4.78, 5) is 0. The smallest absolute Gasteiger partial charge is 0.316 e. The Morgan fingerprint density at radius 2 is 2.18 bits per heavy atom. The lowest BCUT2D eigenvalue weighted by molar-refractivity contribution is 0.410. The van der Waals surface area contributed by atoms with Crippen molar-refractivity contribution in [2.24, 2.45) is 0 Å². The molecule has 0 bridgehead atoms. The molecule has 6 nitrogen and oxygen atoms in total. The molecule has 0 fully saturated rings. The van der Waals surface area contributed by atoms with Crippen LogP contribution in [0.4, 0.5) is 12.0 Å². The van der Waals surface area contributed by atoms with E-state index in [1.807, 2.05) is 24.3 Å². The van der Waals surface area contributed by atoms with Gasteiger partial charge in [-0.1, -0.05) is 28.4 Å². The minimum atomic E-state index is 0.0600. The van der Waals surface area contributed by atoms with E-state index in [2.05, 4.69) is 15.5 Å². The summed E-state index contributed by atoms with van der Waals surface area (Å²) in [5.41, 5.74) is 6.43. The van der Waals surface area contributed by atoms with Gasteiger partial charge in [0.25, 0.3) is 0 Å². The maximum atomic E-state index is 5.31. The van der Waals surface area contributed by atoms with E-state index in [1.165, 1.54) is 0 Å². The molecule has 0 saturated carbocycles. The summed E-state index contributed by atoms with van der Waals surface area (Å²) in [7, 11) is 1.66. The molecule has 0 aliphatic carbocycles. The normalized spacial score (nSPS) is 10.2. The zero-order chi connectivity index (χ0) is 12.1. The molecule has 90 valence electrons. The number of nitrogens with two attached hydrogens (primary N) is 1. The summed E-state index contributed by atoms with van der Waals surface area (Å²) in [6, 6.07) is 8.25. The molecule has 0 aliphatic rings. The summed E-state index contributed by atoms with van der Waals surface area (Å²) in [6.07, 6.45) is 0.798. The van der Waals surface area contributed by atoms with E-state index < -0.39 is 0 Å². The van der Waals surface area contributed by atoms with Crippen molar-refractivity contribution in [3.05, 3.63) is 29.8 Å². The second-order valence-corrected chi connectivity index (χ2v) is 3.43. The second-order valence-electron chi connectivity index (χ2n) is 3.43. The molecule has 2 aromatic rings. The van der Waals surface area contributed by atoms with Crippen molar-refractivity contribution >= 4 is 12.0 Å². The Morgan fingerprint density at radius 3 is 2.88 bits per heavy atom. The second kappa shape index (κ2) is 5.20. The number of hydrogen-bond donors (Lipinski definition) is 2. The van der Waals surface area contributed by atoms with Gasteiger partial charge in [0.05, 0.1) is 7.11 Å². The first kappa shape index (κ1) is 11.3. The maximum Gasteiger partial charge on any atom is 0.316 e. The molecule has 0 aliphatic heterocycles. The van der Waals surface area contributed by atoms with Crippen molar-refractivity contribution in [2.75, 3.05) is 24.7 Å². The number of ether oxygens (including phenoxy) is 1. The third-order valence-electron chi connectivity index (χ3n) is 2.30. The first-order chi connectivity index (χ1) is 8.29. The molecule has 0 saturated heterocycles. The van der Waals surface area contributed by atoms with E-state index in [1.54, 1.807) is 7.11 Å². The van der Waals surface area contributed by atoms with Gasteiger partial charge in [-0.25, -0.2) is 0 Å². The van der Waals surface area contributed by atoms with E-state index in [0.29, 0.717) is 12.6 Å². The van der Waals surface area contributed by atoms with E-state index in [-0.39, 0.29) is 6.01 Å². The standard InChI is InChI=1S/C11H14N4O2/c1-16-9-5-3-2-4-8(9)6-7-13-11-15-14-10(12)17-11/h2-5H,6-7H2,1H3,(H2,12,14)(H,13,15). The molecule has 0 spiro atoms. The van der Waals surface area contributed by atoms with Gasteiger partial charge >= 0.3 is 12.0 Å². The fourth-order valence-electron chi connectivity index (χ4n) is 1.52. The summed E-state index contributed by atoms with van der Waals surface area (Å²) in [5.74, 6) is 0.874. The fourth-order valence-corrected chi connectivity index (χ4v) is 1.52. The van der Waals surface area contributed by atoms with E-state index in [0.717, 1.165) is 17.7 Å². The average Bonchev–Trinajstić information content (AvgIpc) is 2.76. The lowest BCUT2D eigenvalue weighted by atomic mass is 10.1. The SMILES string of the molecule is COc1ccccc1CCNc1nnc(N)o1. The van der Waals surface area contributed by atoms with Crippen molar-refractivity contribution in [1.29, 1.82) is 0 Å². The first-order valence-electron chi connectivity index (χ1n) is 5.24. The molecule has 1 heterocycles. The number of nitrogen functional groups attached to an aromatic ring is 1. The summed E-state index contributed by atoms with van der Waals surface area (Å²) in [6.45, 7) is 0.669. The van der Waals surface area contributed by atoms with E-state index in [9.17, 15) is 0 Å². The van der Waals surface area contributed by atoms with Gasteiger partial charge in [0, 0.05) is 6.54 Å². The van der Waals surface area contributed by atoms with Crippen LogP contribution in [-0.4, -0.2) is 23.9 Å². The average molecular weight is 234 g/mol. The Bertz CT molecular complexity index is 484. The Morgan fingerprint density at radius 1 is 1.35 bits per heavy atom. The van der Waals surface area contributed by atoms with Gasteiger partial charge < -0.3 is 20.2 Å². The van der Waals surface area contributed by atoms with Crippen molar-refractivity contribution in [3.63, 3.8) is 0 Å².